The number of para-hydroxylation sites is 1. The van der Waals surface area contributed by atoms with Crippen LogP contribution in [0.1, 0.15) is 29.9 Å². The molecule has 1 heterocycles. The fraction of sp³-hybridized carbons (Fsp3) is 0.150. The molecule has 0 atom stereocenters. The first kappa shape index (κ1) is 19.9. The Morgan fingerprint density at radius 2 is 2.00 bits per heavy atom. The topological polar surface area (TPSA) is 79.4 Å². The van der Waals surface area contributed by atoms with Crippen molar-refractivity contribution in [1.82, 2.24) is 15.6 Å². The van der Waals surface area contributed by atoms with E-state index in [1.807, 2.05) is 31.2 Å². The van der Waals surface area contributed by atoms with Crippen molar-refractivity contribution in [3.63, 3.8) is 0 Å². The van der Waals surface area contributed by atoms with Gasteiger partial charge in [-0.15, -0.1) is 0 Å². The third-order valence-electron chi connectivity index (χ3n) is 3.93. The molecule has 0 fully saturated rings. The normalized spacial score (nSPS) is 11.4. The summed E-state index contributed by atoms with van der Waals surface area (Å²) in [6, 6.07) is 14.2. The van der Waals surface area contributed by atoms with Gasteiger partial charge in [-0.1, -0.05) is 41.4 Å². The molecular formula is C20H18Cl2N4O2. The molecular weight excluding hydrogens is 399 g/mol. The van der Waals surface area contributed by atoms with Crippen LogP contribution >= 0.6 is 23.2 Å². The van der Waals surface area contributed by atoms with Gasteiger partial charge in [0.2, 0.25) is 0 Å². The predicted molar refractivity (Wildman–Crippen MR) is 111 cm³/mol. The fourth-order valence-corrected chi connectivity index (χ4v) is 3.12. The summed E-state index contributed by atoms with van der Waals surface area (Å²) in [4.78, 5) is 12.4. The van der Waals surface area contributed by atoms with E-state index < -0.39 is 5.91 Å². The van der Waals surface area contributed by atoms with E-state index in [0.29, 0.717) is 39.4 Å². The van der Waals surface area contributed by atoms with Gasteiger partial charge in [-0.05, 0) is 44.2 Å². The van der Waals surface area contributed by atoms with E-state index >= 15 is 0 Å². The van der Waals surface area contributed by atoms with E-state index in [9.17, 15) is 4.79 Å². The van der Waals surface area contributed by atoms with Crippen molar-refractivity contribution in [2.75, 3.05) is 6.61 Å². The number of carbonyl (C=O) groups excluding carboxylic acids is 1. The number of ether oxygens (including phenoxy) is 1. The first-order valence-electron chi connectivity index (χ1n) is 8.57. The Kier molecular flexibility index (Phi) is 6.34. The van der Waals surface area contributed by atoms with E-state index in [4.69, 9.17) is 27.9 Å². The summed E-state index contributed by atoms with van der Waals surface area (Å²) in [5, 5.41) is 12.0. The number of hydrogen-bond acceptors (Lipinski definition) is 4. The second-order valence-corrected chi connectivity index (χ2v) is 6.70. The molecule has 1 amide bonds. The molecule has 2 aromatic carbocycles. The Morgan fingerprint density at radius 1 is 1.21 bits per heavy atom. The summed E-state index contributed by atoms with van der Waals surface area (Å²) in [6.07, 6.45) is 0. The van der Waals surface area contributed by atoms with E-state index in [1.165, 1.54) is 0 Å². The summed E-state index contributed by atoms with van der Waals surface area (Å²) in [7, 11) is 0. The summed E-state index contributed by atoms with van der Waals surface area (Å²) in [6.45, 7) is 4.19. The highest BCUT2D eigenvalue weighted by molar-refractivity contribution is 6.37. The SMILES string of the molecule is CCOc1ccccc1-c1cc(C(=O)NN=C(C)c2ccc(Cl)cc2Cl)[nH]n1. The molecule has 0 saturated carbocycles. The minimum absolute atomic E-state index is 0.278. The van der Waals surface area contributed by atoms with Crippen LogP contribution in [0.15, 0.2) is 53.6 Å². The van der Waals surface area contributed by atoms with Crippen LogP contribution in [-0.4, -0.2) is 28.4 Å². The number of hydrogen-bond donors (Lipinski definition) is 2. The maximum absolute atomic E-state index is 12.4. The van der Waals surface area contributed by atoms with Crippen LogP contribution < -0.4 is 10.2 Å². The van der Waals surface area contributed by atoms with Gasteiger partial charge in [0.1, 0.15) is 11.4 Å². The second-order valence-electron chi connectivity index (χ2n) is 5.86. The summed E-state index contributed by atoms with van der Waals surface area (Å²) in [5.74, 6) is 0.284. The van der Waals surface area contributed by atoms with Crippen molar-refractivity contribution in [1.29, 1.82) is 0 Å². The number of halogens is 2. The summed E-state index contributed by atoms with van der Waals surface area (Å²) < 4.78 is 5.61. The first-order valence-corrected chi connectivity index (χ1v) is 9.33. The zero-order chi connectivity index (χ0) is 20.1. The van der Waals surface area contributed by atoms with Gasteiger partial charge < -0.3 is 4.74 Å². The highest BCUT2D eigenvalue weighted by Crippen LogP contribution is 2.28. The number of carbonyl (C=O) groups is 1. The summed E-state index contributed by atoms with van der Waals surface area (Å²) >= 11 is 12.1. The lowest BCUT2D eigenvalue weighted by Crippen LogP contribution is -2.19. The van der Waals surface area contributed by atoms with Gasteiger partial charge in [0, 0.05) is 16.1 Å². The second kappa shape index (κ2) is 8.91. The molecule has 3 rings (SSSR count). The Bertz CT molecular complexity index is 1030. The number of aromatic amines is 1. The van der Waals surface area contributed by atoms with Gasteiger partial charge in [0.15, 0.2) is 0 Å². The molecule has 144 valence electrons. The number of hydrazone groups is 1. The predicted octanol–water partition coefficient (Wildman–Crippen LogP) is 4.94. The smallest absolute Gasteiger partial charge is 0.289 e. The van der Waals surface area contributed by atoms with Crippen LogP contribution in [0.25, 0.3) is 11.3 Å². The molecule has 3 aromatic rings. The van der Waals surface area contributed by atoms with Gasteiger partial charge in [-0.25, -0.2) is 5.43 Å². The molecule has 0 aliphatic heterocycles. The standard InChI is InChI=1S/C20H18Cl2N4O2/c1-3-28-19-7-5-4-6-15(19)17-11-18(25-24-17)20(27)26-23-12(2)14-9-8-13(21)10-16(14)22/h4-11H,3H2,1-2H3,(H,24,25)(H,26,27). The average molecular weight is 417 g/mol. The molecule has 0 bridgehead atoms. The number of nitrogens with zero attached hydrogens (tertiary/aromatic N) is 2. The van der Waals surface area contributed by atoms with Crippen molar-refractivity contribution < 1.29 is 9.53 Å². The van der Waals surface area contributed by atoms with Crippen molar-refractivity contribution in [2.24, 2.45) is 5.10 Å². The molecule has 0 spiro atoms. The Balaban J connectivity index is 1.76. The van der Waals surface area contributed by atoms with E-state index in [1.54, 1.807) is 31.2 Å². The molecule has 6 nitrogen and oxygen atoms in total. The van der Waals surface area contributed by atoms with Crippen molar-refractivity contribution in [2.45, 2.75) is 13.8 Å². The van der Waals surface area contributed by atoms with Crippen LogP contribution in [0.3, 0.4) is 0 Å². The van der Waals surface area contributed by atoms with Crippen LogP contribution in [0.2, 0.25) is 10.0 Å². The highest BCUT2D eigenvalue weighted by Gasteiger charge is 2.14. The minimum atomic E-state index is -0.419. The van der Waals surface area contributed by atoms with Gasteiger partial charge in [-0.2, -0.15) is 10.2 Å². The molecule has 0 aliphatic carbocycles. The Labute approximate surface area is 172 Å². The lowest BCUT2D eigenvalue weighted by Gasteiger charge is -2.07. The third kappa shape index (κ3) is 4.52. The van der Waals surface area contributed by atoms with Crippen LogP contribution in [0, 0.1) is 0 Å². The third-order valence-corrected chi connectivity index (χ3v) is 4.48. The average Bonchev–Trinajstić information content (AvgIpc) is 3.16. The van der Waals surface area contributed by atoms with E-state index in [-0.39, 0.29) is 5.69 Å². The quantitative estimate of drug-likeness (QED) is 0.441. The van der Waals surface area contributed by atoms with Gasteiger partial charge in [0.05, 0.1) is 23.0 Å². The van der Waals surface area contributed by atoms with Crippen LogP contribution in [-0.2, 0) is 0 Å². The Hall–Kier alpha value is -2.83. The lowest BCUT2D eigenvalue weighted by atomic mass is 10.1. The number of H-pyrrole nitrogens is 1. The molecule has 0 aliphatic rings. The number of benzene rings is 2. The maximum Gasteiger partial charge on any atom is 0.289 e. The van der Waals surface area contributed by atoms with Gasteiger partial charge >= 0.3 is 0 Å². The molecule has 0 radical (unpaired) electrons. The number of rotatable bonds is 6. The van der Waals surface area contributed by atoms with E-state index in [2.05, 4.69) is 20.7 Å². The molecule has 28 heavy (non-hydrogen) atoms. The van der Waals surface area contributed by atoms with Gasteiger partial charge in [-0.3, -0.25) is 9.89 Å². The fourth-order valence-electron chi connectivity index (χ4n) is 2.57. The van der Waals surface area contributed by atoms with Crippen LogP contribution in [0.4, 0.5) is 0 Å². The zero-order valence-electron chi connectivity index (χ0n) is 15.3. The molecule has 2 N–H and O–H groups in total. The van der Waals surface area contributed by atoms with Crippen molar-refractivity contribution in [3.05, 3.63) is 69.8 Å². The zero-order valence-corrected chi connectivity index (χ0v) is 16.8. The summed E-state index contributed by atoms with van der Waals surface area (Å²) in [5.41, 5.74) is 5.42. The van der Waals surface area contributed by atoms with Crippen molar-refractivity contribution in [3.8, 4) is 17.0 Å². The van der Waals surface area contributed by atoms with Crippen LogP contribution in [0.5, 0.6) is 5.75 Å². The molecule has 0 saturated heterocycles. The molecule has 0 unspecified atom stereocenters. The number of nitrogens with one attached hydrogen (secondary N) is 2. The first-order chi connectivity index (χ1) is 13.5. The number of aromatic nitrogens is 2. The minimum Gasteiger partial charge on any atom is -0.493 e. The number of amides is 1. The van der Waals surface area contributed by atoms with Gasteiger partial charge in [0.25, 0.3) is 5.91 Å². The highest BCUT2D eigenvalue weighted by atomic mass is 35.5. The largest absolute Gasteiger partial charge is 0.493 e. The lowest BCUT2D eigenvalue weighted by molar-refractivity contribution is 0.0950. The van der Waals surface area contributed by atoms with E-state index in [0.717, 1.165) is 5.56 Å². The van der Waals surface area contributed by atoms with Crippen molar-refractivity contribution >= 4 is 34.8 Å². The molecule has 1 aromatic heterocycles. The maximum atomic E-state index is 12.4. The Morgan fingerprint density at radius 3 is 2.75 bits per heavy atom. The molecule has 8 heteroatoms. The monoisotopic (exact) mass is 416 g/mol.